The molecule has 3 rings (SSSR count). The lowest BCUT2D eigenvalue weighted by Gasteiger charge is -2.16. The molecule has 3 aromatic rings. The van der Waals surface area contributed by atoms with E-state index in [4.69, 9.17) is 0 Å². The van der Waals surface area contributed by atoms with Crippen LogP contribution in [0.4, 0.5) is 17.1 Å². The molecule has 0 fully saturated rings. The number of benzene rings is 3. The van der Waals surface area contributed by atoms with Gasteiger partial charge in [-0.05, 0) is 67.4 Å². The van der Waals surface area contributed by atoms with Gasteiger partial charge in [0.2, 0.25) is 11.8 Å². The maximum Gasteiger partial charge on any atom is 0.255 e. The molecule has 0 aliphatic carbocycles. The first kappa shape index (κ1) is 24.1. The summed E-state index contributed by atoms with van der Waals surface area (Å²) >= 11 is 1.45. The second kappa shape index (κ2) is 11.3. The Balaban J connectivity index is 1.63. The molecule has 1 unspecified atom stereocenters. The van der Waals surface area contributed by atoms with Gasteiger partial charge < -0.3 is 16.0 Å². The molecular formula is C26H27N3O3S. The average molecular weight is 462 g/mol. The van der Waals surface area contributed by atoms with Crippen LogP contribution >= 0.6 is 11.8 Å². The summed E-state index contributed by atoms with van der Waals surface area (Å²) < 4.78 is 0. The van der Waals surface area contributed by atoms with Crippen LogP contribution in [0.25, 0.3) is 0 Å². The van der Waals surface area contributed by atoms with E-state index in [1.165, 1.54) is 18.7 Å². The number of aryl methyl sites for hydroxylation is 1. The molecule has 33 heavy (non-hydrogen) atoms. The summed E-state index contributed by atoms with van der Waals surface area (Å²) in [5.74, 6) is -0.418. The fourth-order valence-corrected chi connectivity index (χ4v) is 4.24. The van der Waals surface area contributed by atoms with E-state index in [0.29, 0.717) is 29.0 Å². The highest BCUT2D eigenvalue weighted by Gasteiger charge is 2.18. The SMILES string of the molecule is CCC(Sc1cccc(NC(=O)c2ccccc2C)c1)C(=O)Nc1ccc(NC(C)=O)cc1. The maximum atomic E-state index is 12.8. The third-order valence-corrected chi connectivity index (χ3v) is 6.25. The molecule has 1 atom stereocenters. The van der Waals surface area contributed by atoms with Crippen LogP contribution in [0.2, 0.25) is 0 Å². The largest absolute Gasteiger partial charge is 0.326 e. The van der Waals surface area contributed by atoms with Crippen LogP contribution in [0.15, 0.2) is 77.7 Å². The number of rotatable bonds is 8. The zero-order valence-electron chi connectivity index (χ0n) is 18.8. The van der Waals surface area contributed by atoms with E-state index in [9.17, 15) is 14.4 Å². The molecule has 3 aromatic carbocycles. The molecule has 0 aliphatic rings. The molecule has 0 saturated carbocycles. The minimum atomic E-state index is -0.303. The summed E-state index contributed by atoms with van der Waals surface area (Å²) in [6, 6.07) is 21.9. The lowest BCUT2D eigenvalue weighted by atomic mass is 10.1. The van der Waals surface area contributed by atoms with Gasteiger partial charge in [0.05, 0.1) is 5.25 Å². The molecule has 0 aromatic heterocycles. The van der Waals surface area contributed by atoms with Crippen molar-refractivity contribution in [2.45, 2.75) is 37.3 Å². The average Bonchev–Trinajstić information content (AvgIpc) is 2.79. The van der Waals surface area contributed by atoms with E-state index < -0.39 is 0 Å². The highest BCUT2D eigenvalue weighted by Crippen LogP contribution is 2.29. The summed E-state index contributed by atoms with van der Waals surface area (Å²) in [5.41, 5.74) is 3.55. The summed E-state index contributed by atoms with van der Waals surface area (Å²) in [4.78, 5) is 37.5. The number of amides is 3. The van der Waals surface area contributed by atoms with E-state index >= 15 is 0 Å². The van der Waals surface area contributed by atoms with Gasteiger partial charge in [-0.1, -0.05) is 31.2 Å². The van der Waals surface area contributed by atoms with Crippen LogP contribution in [-0.2, 0) is 9.59 Å². The van der Waals surface area contributed by atoms with Crippen molar-refractivity contribution in [1.82, 2.24) is 0 Å². The Kier molecular flexibility index (Phi) is 8.27. The topological polar surface area (TPSA) is 87.3 Å². The predicted octanol–water partition coefficient (Wildman–Crippen LogP) is 5.72. The van der Waals surface area contributed by atoms with E-state index in [1.807, 2.05) is 56.3 Å². The van der Waals surface area contributed by atoms with Gasteiger partial charge in [-0.3, -0.25) is 14.4 Å². The fourth-order valence-electron chi connectivity index (χ4n) is 3.22. The summed E-state index contributed by atoms with van der Waals surface area (Å²) in [5, 5.41) is 8.26. The van der Waals surface area contributed by atoms with Gasteiger partial charge in [0.15, 0.2) is 0 Å². The Morgan fingerprint density at radius 1 is 0.818 bits per heavy atom. The van der Waals surface area contributed by atoms with Crippen molar-refractivity contribution in [3.05, 3.63) is 83.9 Å². The second-order valence-corrected chi connectivity index (χ2v) is 8.84. The molecule has 3 N–H and O–H groups in total. The van der Waals surface area contributed by atoms with Crippen molar-refractivity contribution < 1.29 is 14.4 Å². The first-order valence-corrected chi connectivity index (χ1v) is 11.6. The Morgan fingerprint density at radius 2 is 1.48 bits per heavy atom. The minimum Gasteiger partial charge on any atom is -0.326 e. The van der Waals surface area contributed by atoms with E-state index in [2.05, 4.69) is 16.0 Å². The molecule has 0 bridgehead atoms. The number of carbonyl (C=O) groups is 3. The number of anilines is 3. The Bertz CT molecular complexity index is 1150. The number of hydrogen-bond donors (Lipinski definition) is 3. The molecule has 0 heterocycles. The van der Waals surface area contributed by atoms with E-state index in [-0.39, 0.29) is 23.0 Å². The minimum absolute atomic E-state index is 0.107. The zero-order valence-corrected chi connectivity index (χ0v) is 19.7. The molecule has 0 aliphatic heterocycles. The van der Waals surface area contributed by atoms with Crippen LogP contribution in [0.3, 0.4) is 0 Å². The van der Waals surface area contributed by atoms with Crippen LogP contribution in [-0.4, -0.2) is 23.0 Å². The normalized spacial score (nSPS) is 11.4. The van der Waals surface area contributed by atoms with Crippen molar-refractivity contribution >= 4 is 46.5 Å². The predicted molar refractivity (Wildman–Crippen MR) is 135 cm³/mol. The van der Waals surface area contributed by atoms with Gasteiger partial charge in [0.1, 0.15) is 0 Å². The second-order valence-electron chi connectivity index (χ2n) is 7.56. The van der Waals surface area contributed by atoms with E-state index in [0.717, 1.165) is 10.5 Å². The maximum absolute atomic E-state index is 12.8. The van der Waals surface area contributed by atoms with Crippen molar-refractivity contribution in [2.24, 2.45) is 0 Å². The van der Waals surface area contributed by atoms with Crippen molar-refractivity contribution in [2.75, 3.05) is 16.0 Å². The number of hydrogen-bond acceptors (Lipinski definition) is 4. The van der Waals surface area contributed by atoms with Crippen molar-refractivity contribution in [3.8, 4) is 0 Å². The van der Waals surface area contributed by atoms with Gasteiger partial charge in [-0.25, -0.2) is 0 Å². The number of carbonyl (C=O) groups excluding carboxylic acids is 3. The smallest absolute Gasteiger partial charge is 0.255 e. The number of nitrogens with one attached hydrogen (secondary N) is 3. The van der Waals surface area contributed by atoms with Crippen LogP contribution < -0.4 is 16.0 Å². The standard InChI is InChI=1S/C26H27N3O3S/c1-4-24(26(32)28-20-14-12-19(13-15-20)27-18(3)30)33-22-10-7-9-21(16-22)29-25(31)23-11-6-5-8-17(23)2/h5-16,24H,4H2,1-3H3,(H,27,30)(H,28,32)(H,29,31). The molecule has 170 valence electrons. The van der Waals surface area contributed by atoms with Crippen LogP contribution in [0.5, 0.6) is 0 Å². The molecule has 0 saturated heterocycles. The van der Waals surface area contributed by atoms with Gasteiger partial charge in [0.25, 0.3) is 5.91 Å². The quantitative estimate of drug-likeness (QED) is 0.375. The molecule has 7 heteroatoms. The van der Waals surface area contributed by atoms with Gasteiger partial charge >= 0.3 is 0 Å². The van der Waals surface area contributed by atoms with Crippen molar-refractivity contribution in [3.63, 3.8) is 0 Å². The van der Waals surface area contributed by atoms with Crippen LogP contribution in [0, 0.1) is 6.92 Å². The third-order valence-electron chi connectivity index (χ3n) is 4.90. The highest BCUT2D eigenvalue weighted by atomic mass is 32.2. The summed E-state index contributed by atoms with van der Waals surface area (Å²) in [6.07, 6.45) is 0.639. The lowest BCUT2D eigenvalue weighted by molar-refractivity contribution is -0.116. The Hall–Kier alpha value is -3.58. The zero-order chi connectivity index (χ0) is 23.8. The summed E-state index contributed by atoms with van der Waals surface area (Å²) in [6.45, 7) is 5.31. The highest BCUT2D eigenvalue weighted by molar-refractivity contribution is 8.00. The Morgan fingerprint density at radius 3 is 2.12 bits per heavy atom. The molecule has 3 amide bonds. The summed E-state index contributed by atoms with van der Waals surface area (Å²) in [7, 11) is 0. The van der Waals surface area contributed by atoms with Crippen LogP contribution in [0.1, 0.15) is 36.2 Å². The third kappa shape index (κ3) is 6.95. The first-order valence-electron chi connectivity index (χ1n) is 10.7. The molecule has 6 nitrogen and oxygen atoms in total. The van der Waals surface area contributed by atoms with Gasteiger partial charge in [-0.15, -0.1) is 11.8 Å². The van der Waals surface area contributed by atoms with Gasteiger partial charge in [0, 0.05) is 34.4 Å². The monoisotopic (exact) mass is 461 g/mol. The molecule has 0 spiro atoms. The molecule has 0 radical (unpaired) electrons. The van der Waals surface area contributed by atoms with Crippen molar-refractivity contribution in [1.29, 1.82) is 0 Å². The lowest BCUT2D eigenvalue weighted by Crippen LogP contribution is -2.24. The van der Waals surface area contributed by atoms with E-state index in [1.54, 1.807) is 30.3 Å². The fraction of sp³-hybridized carbons (Fsp3) is 0.192. The first-order chi connectivity index (χ1) is 15.9. The van der Waals surface area contributed by atoms with Gasteiger partial charge in [-0.2, -0.15) is 0 Å². The molecular weight excluding hydrogens is 434 g/mol. The number of thioether (sulfide) groups is 1. The Labute approximate surface area is 198 Å².